The monoisotopic (exact) mass is 347 g/mol. The molecule has 1 saturated heterocycles. The van der Waals surface area contributed by atoms with Gasteiger partial charge in [0.1, 0.15) is 11.6 Å². The standard InChI is InChI=1S/C14H16F3N3O4/c1-24-13(6-18-7-13)10(12(22)20-23)19-11(21)8-2-4-9(5-3-8)14(15,16)17/h2-5,10,18,23H,6-7H2,1H3,(H,19,21)(H,20,22). The molecule has 2 amide bonds. The zero-order valence-electron chi connectivity index (χ0n) is 12.6. The maximum atomic E-state index is 12.5. The summed E-state index contributed by atoms with van der Waals surface area (Å²) in [7, 11) is 1.35. The summed E-state index contributed by atoms with van der Waals surface area (Å²) in [4.78, 5) is 24.0. The Hall–Kier alpha value is -2.17. The third kappa shape index (κ3) is 3.50. The Balaban J connectivity index is 2.17. The normalized spacial score (nSPS) is 17.5. The summed E-state index contributed by atoms with van der Waals surface area (Å²) in [6.07, 6.45) is -4.51. The van der Waals surface area contributed by atoms with Gasteiger partial charge in [0.05, 0.1) is 5.56 Å². The summed E-state index contributed by atoms with van der Waals surface area (Å²) < 4.78 is 42.9. The molecule has 1 atom stereocenters. The second kappa shape index (κ2) is 6.75. The molecule has 0 saturated carbocycles. The topological polar surface area (TPSA) is 99.7 Å². The number of hydroxylamine groups is 1. The summed E-state index contributed by atoms with van der Waals surface area (Å²) in [6, 6.07) is 2.33. The van der Waals surface area contributed by atoms with Crippen molar-refractivity contribution >= 4 is 11.8 Å². The Morgan fingerprint density at radius 1 is 1.29 bits per heavy atom. The minimum absolute atomic E-state index is 0.0581. The third-order valence-corrected chi connectivity index (χ3v) is 3.90. The minimum atomic E-state index is -4.51. The first kappa shape index (κ1) is 18.2. The zero-order chi connectivity index (χ0) is 18.0. The zero-order valence-corrected chi connectivity index (χ0v) is 12.6. The first-order valence-corrected chi connectivity index (χ1v) is 6.91. The fourth-order valence-corrected chi connectivity index (χ4v) is 2.36. The number of methoxy groups -OCH3 is 1. The molecule has 0 radical (unpaired) electrons. The van der Waals surface area contributed by atoms with Crippen molar-refractivity contribution in [2.75, 3.05) is 20.2 Å². The highest BCUT2D eigenvalue weighted by molar-refractivity contribution is 5.98. The van der Waals surface area contributed by atoms with Crippen molar-refractivity contribution in [1.82, 2.24) is 16.1 Å². The van der Waals surface area contributed by atoms with Gasteiger partial charge in [-0.2, -0.15) is 13.2 Å². The largest absolute Gasteiger partial charge is 0.416 e. The van der Waals surface area contributed by atoms with Crippen LogP contribution in [0.3, 0.4) is 0 Å². The van der Waals surface area contributed by atoms with E-state index < -0.39 is 35.2 Å². The summed E-state index contributed by atoms with van der Waals surface area (Å²) in [5.74, 6) is -1.65. The van der Waals surface area contributed by atoms with Gasteiger partial charge in [-0.05, 0) is 24.3 Å². The third-order valence-electron chi connectivity index (χ3n) is 3.90. The molecule has 0 spiro atoms. The van der Waals surface area contributed by atoms with Gasteiger partial charge < -0.3 is 15.4 Å². The molecule has 1 unspecified atom stereocenters. The molecule has 4 N–H and O–H groups in total. The molecule has 7 nitrogen and oxygen atoms in total. The maximum absolute atomic E-state index is 12.5. The van der Waals surface area contributed by atoms with E-state index in [1.807, 2.05) is 0 Å². The first-order valence-electron chi connectivity index (χ1n) is 6.91. The average Bonchev–Trinajstić information content (AvgIpc) is 2.51. The number of carbonyl (C=O) groups excluding carboxylic acids is 2. The molecule has 1 aliphatic heterocycles. The van der Waals surface area contributed by atoms with Crippen LogP contribution in [0, 0.1) is 0 Å². The fraction of sp³-hybridized carbons (Fsp3) is 0.429. The van der Waals surface area contributed by atoms with E-state index in [0.29, 0.717) is 0 Å². The smallest absolute Gasteiger partial charge is 0.373 e. The molecule has 24 heavy (non-hydrogen) atoms. The van der Waals surface area contributed by atoms with Crippen LogP contribution < -0.4 is 16.1 Å². The second-order valence-corrected chi connectivity index (χ2v) is 5.33. The van der Waals surface area contributed by atoms with Gasteiger partial charge in [-0.15, -0.1) is 0 Å². The Bertz CT molecular complexity index is 609. The number of ether oxygens (including phenoxy) is 1. The maximum Gasteiger partial charge on any atom is 0.416 e. The predicted molar refractivity (Wildman–Crippen MR) is 75.2 cm³/mol. The molecule has 0 bridgehead atoms. The van der Waals surface area contributed by atoms with Crippen LogP contribution in [0.1, 0.15) is 15.9 Å². The summed E-state index contributed by atoms with van der Waals surface area (Å²) in [5, 5.41) is 14.1. The van der Waals surface area contributed by atoms with E-state index in [4.69, 9.17) is 9.94 Å². The van der Waals surface area contributed by atoms with E-state index in [1.165, 1.54) is 12.6 Å². The number of rotatable bonds is 5. The number of hydrogen-bond acceptors (Lipinski definition) is 5. The van der Waals surface area contributed by atoms with Crippen LogP contribution in [0.2, 0.25) is 0 Å². The van der Waals surface area contributed by atoms with E-state index in [9.17, 15) is 22.8 Å². The van der Waals surface area contributed by atoms with Gasteiger partial charge in [0.15, 0.2) is 0 Å². The number of alkyl halides is 3. The molecule has 132 valence electrons. The number of benzene rings is 1. The molecule has 1 heterocycles. The lowest BCUT2D eigenvalue weighted by Crippen LogP contribution is -2.74. The number of nitrogens with one attached hydrogen (secondary N) is 3. The highest BCUT2D eigenvalue weighted by atomic mass is 19.4. The average molecular weight is 347 g/mol. The van der Waals surface area contributed by atoms with Crippen LogP contribution in [-0.2, 0) is 15.7 Å². The molecule has 1 aromatic carbocycles. The molecular weight excluding hydrogens is 331 g/mol. The van der Waals surface area contributed by atoms with Gasteiger partial charge >= 0.3 is 6.18 Å². The Morgan fingerprint density at radius 3 is 2.25 bits per heavy atom. The molecular formula is C14H16F3N3O4. The number of amides is 2. The molecule has 10 heteroatoms. The van der Waals surface area contributed by atoms with Gasteiger partial charge in [-0.25, -0.2) is 5.48 Å². The summed E-state index contributed by atoms with van der Waals surface area (Å²) in [5.41, 5.74) is -0.545. The fourth-order valence-electron chi connectivity index (χ4n) is 2.36. The van der Waals surface area contributed by atoms with Gasteiger partial charge in [0, 0.05) is 25.8 Å². The van der Waals surface area contributed by atoms with Gasteiger partial charge in [-0.1, -0.05) is 0 Å². The van der Waals surface area contributed by atoms with Gasteiger partial charge in [0.25, 0.3) is 11.8 Å². The number of hydrogen-bond donors (Lipinski definition) is 4. The van der Waals surface area contributed by atoms with E-state index in [-0.39, 0.29) is 18.7 Å². The molecule has 0 aromatic heterocycles. The molecule has 0 aliphatic carbocycles. The van der Waals surface area contributed by atoms with E-state index in [2.05, 4.69) is 10.6 Å². The van der Waals surface area contributed by atoms with E-state index in [0.717, 1.165) is 24.3 Å². The van der Waals surface area contributed by atoms with Crippen LogP contribution in [-0.4, -0.2) is 48.9 Å². The van der Waals surface area contributed by atoms with Crippen molar-refractivity contribution in [3.05, 3.63) is 35.4 Å². The van der Waals surface area contributed by atoms with Gasteiger partial charge in [-0.3, -0.25) is 14.8 Å². The molecule has 2 rings (SSSR count). The minimum Gasteiger partial charge on any atom is -0.373 e. The number of carbonyl (C=O) groups is 2. The van der Waals surface area contributed by atoms with Crippen molar-refractivity contribution in [2.45, 2.75) is 17.8 Å². The van der Waals surface area contributed by atoms with Gasteiger partial charge in [0.2, 0.25) is 0 Å². The summed E-state index contributed by atoms with van der Waals surface area (Å²) >= 11 is 0. The molecule has 1 aromatic rings. The quantitative estimate of drug-likeness (QED) is 0.453. The van der Waals surface area contributed by atoms with Crippen LogP contribution in [0.4, 0.5) is 13.2 Å². The van der Waals surface area contributed by atoms with Crippen LogP contribution >= 0.6 is 0 Å². The molecule has 1 aliphatic rings. The van der Waals surface area contributed by atoms with Crippen LogP contribution in [0.15, 0.2) is 24.3 Å². The van der Waals surface area contributed by atoms with Crippen molar-refractivity contribution < 1.29 is 32.7 Å². The van der Waals surface area contributed by atoms with Crippen LogP contribution in [0.5, 0.6) is 0 Å². The van der Waals surface area contributed by atoms with Crippen LogP contribution in [0.25, 0.3) is 0 Å². The SMILES string of the molecule is COC1(C(NC(=O)c2ccc(C(F)(F)F)cc2)C(=O)NO)CNC1. The van der Waals surface area contributed by atoms with Crippen molar-refractivity contribution in [1.29, 1.82) is 0 Å². The Labute approximate surface area is 135 Å². The summed E-state index contributed by atoms with van der Waals surface area (Å²) in [6.45, 7) is 0.518. The Kier molecular flexibility index (Phi) is 5.11. The number of halogens is 3. The lowest BCUT2D eigenvalue weighted by atomic mass is 9.87. The second-order valence-electron chi connectivity index (χ2n) is 5.33. The lowest BCUT2D eigenvalue weighted by molar-refractivity contribution is -0.145. The molecule has 1 fully saturated rings. The first-order chi connectivity index (χ1) is 11.2. The predicted octanol–water partition coefficient (Wildman–Crippen LogP) is 0.298. The Morgan fingerprint density at radius 2 is 1.88 bits per heavy atom. The van der Waals surface area contributed by atoms with Crippen molar-refractivity contribution in [2.24, 2.45) is 0 Å². The van der Waals surface area contributed by atoms with E-state index in [1.54, 1.807) is 0 Å². The highest BCUT2D eigenvalue weighted by Gasteiger charge is 2.49. The van der Waals surface area contributed by atoms with Crippen molar-refractivity contribution in [3.63, 3.8) is 0 Å². The lowest BCUT2D eigenvalue weighted by Gasteiger charge is -2.45. The van der Waals surface area contributed by atoms with E-state index >= 15 is 0 Å². The van der Waals surface area contributed by atoms with Crippen molar-refractivity contribution in [3.8, 4) is 0 Å². The highest BCUT2D eigenvalue weighted by Crippen LogP contribution is 2.29.